The van der Waals surface area contributed by atoms with Gasteiger partial charge in [0.15, 0.2) is 0 Å². The van der Waals surface area contributed by atoms with Crippen molar-refractivity contribution in [2.45, 2.75) is 33.1 Å². The second-order valence-electron chi connectivity index (χ2n) is 6.72. The molecular weight excluding hydrogens is 276 g/mol. The molecule has 4 nitrogen and oxygen atoms in total. The number of carbonyl (C=O) groups is 2. The molecule has 2 saturated heterocycles. The molecule has 2 fully saturated rings. The largest absolute Gasteiger partial charge is 0.342 e. The molecule has 2 atom stereocenters. The summed E-state index contributed by atoms with van der Waals surface area (Å²) in [7, 11) is 0. The zero-order valence-electron chi connectivity index (χ0n) is 13.4. The minimum absolute atomic E-state index is 0.0673. The van der Waals surface area contributed by atoms with Crippen molar-refractivity contribution in [1.82, 2.24) is 4.90 Å². The molecule has 1 aromatic carbocycles. The zero-order valence-corrected chi connectivity index (χ0v) is 13.4. The fourth-order valence-electron chi connectivity index (χ4n) is 3.62. The zero-order chi connectivity index (χ0) is 15.7. The van der Waals surface area contributed by atoms with Crippen molar-refractivity contribution in [2.75, 3.05) is 24.5 Å². The van der Waals surface area contributed by atoms with E-state index in [0.717, 1.165) is 30.8 Å². The van der Waals surface area contributed by atoms with Crippen molar-refractivity contribution in [3.05, 3.63) is 29.8 Å². The van der Waals surface area contributed by atoms with Gasteiger partial charge in [-0.3, -0.25) is 9.59 Å². The summed E-state index contributed by atoms with van der Waals surface area (Å²) in [4.78, 5) is 28.8. The van der Waals surface area contributed by atoms with Gasteiger partial charge in [0.25, 0.3) is 0 Å². The van der Waals surface area contributed by atoms with Crippen molar-refractivity contribution in [3.63, 3.8) is 0 Å². The molecule has 0 aliphatic carbocycles. The third-order valence-corrected chi connectivity index (χ3v) is 4.85. The van der Waals surface area contributed by atoms with Crippen LogP contribution in [0.2, 0.25) is 0 Å². The molecule has 2 heterocycles. The molecule has 0 aromatic heterocycles. The summed E-state index contributed by atoms with van der Waals surface area (Å²) in [5.74, 6) is 0.619. The van der Waals surface area contributed by atoms with Gasteiger partial charge in [0.1, 0.15) is 0 Å². The van der Waals surface area contributed by atoms with Crippen LogP contribution in [0.25, 0.3) is 0 Å². The van der Waals surface area contributed by atoms with Gasteiger partial charge < -0.3 is 9.80 Å². The fraction of sp³-hybridized carbons (Fsp3) is 0.556. The van der Waals surface area contributed by atoms with Crippen molar-refractivity contribution in [2.24, 2.45) is 11.8 Å². The molecule has 1 aromatic rings. The first-order valence-corrected chi connectivity index (χ1v) is 8.21. The Kier molecular flexibility index (Phi) is 4.19. The number of benzene rings is 1. The van der Waals surface area contributed by atoms with Crippen LogP contribution in [-0.2, 0) is 9.59 Å². The Morgan fingerprint density at radius 1 is 1.23 bits per heavy atom. The van der Waals surface area contributed by atoms with E-state index in [9.17, 15) is 9.59 Å². The lowest BCUT2D eigenvalue weighted by Gasteiger charge is -2.32. The number of hydrogen-bond donors (Lipinski definition) is 0. The summed E-state index contributed by atoms with van der Waals surface area (Å²) < 4.78 is 0. The molecule has 22 heavy (non-hydrogen) atoms. The number of amides is 2. The van der Waals surface area contributed by atoms with E-state index in [1.54, 1.807) is 4.90 Å². The molecule has 2 aliphatic rings. The van der Waals surface area contributed by atoms with E-state index in [1.807, 2.05) is 36.1 Å². The lowest BCUT2D eigenvalue weighted by Crippen LogP contribution is -2.43. The molecule has 0 saturated carbocycles. The number of para-hydroxylation sites is 1. The van der Waals surface area contributed by atoms with Crippen LogP contribution in [0.5, 0.6) is 0 Å². The van der Waals surface area contributed by atoms with Gasteiger partial charge in [-0.05, 0) is 37.3 Å². The summed E-state index contributed by atoms with van der Waals surface area (Å²) >= 11 is 0. The minimum Gasteiger partial charge on any atom is -0.342 e. The SMILES string of the molecule is Cc1ccccc1N1CC(C(=O)N2CCCC(C)C2)CC1=O. The van der Waals surface area contributed by atoms with Gasteiger partial charge in [-0.2, -0.15) is 0 Å². The monoisotopic (exact) mass is 300 g/mol. The van der Waals surface area contributed by atoms with Gasteiger partial charge in [0.05, 0.1) is 5.92 Å². The Hall–Kier alpha value is -1.84. The van der Waals surface area contributed by atoms with Gasteiger partial charge in [-0.1, -0.05) is 25.1 Å². The first-order chi connectivity index (χ1) is 10.6. The number of anilines is 1. The molecule has 118 valence electrons. The Bertz CT molecular complexity index is 584. The maximum absolute atomic E-state index is 12.7. The number of piperidine rings is 1. The van der Waals surface area contributed by atoms with Gasteiger partial charge >= 0.3 is 0 Å². The maximum atomic E-state index is 12.7. The predicted molar refractivity (Wildman–Crippen MR) is 86.6 cm³/mol. The van der Waals surface area contributed by atoms with E-state index in [0.29, 0.717) is 18.9 Å². The Morgan fingerprint density at radius 2 is 2.00 bits per heavy atom. The maximum Gasteiger partial charge on any atom is 0.228 e. The lowest BCUT2D eigenvalue weighted by atomic mass is 9.98. The molecule has 3 rings (SSSR count). The number of hydrogen-bond acceptors (Lipinski definition) is 2. The number of carbonyl (C=O) groups excluding carboxylic acids is 2. The van der Waals surface area contributed by atoms with Crippen LogP contribution in [0.3, 0.4) is 0 Å². The number of aryl methyl sites for hydroxylation is 1. The molecule has 0 spiro atoms. The summed E-state index contributed by atoms with van der Waals surface area (Å²) in [6.45, 7) is 6.41. The normalized spacial score (nSPS) is 25.6. The summed E-state index contributed by atoms with van der Waals surface area (Å²) in [6, 6.07) is 7.88. The third kappa shape index (κ3) is 2.87. The van der Waals surface area contributed by atoms with E-state index in [-0.39, 0.29) is 17.7 Å². The lowest BCUT2D eigenvalue weighted by molar-refractivity contribution is -0.137. The van der Waals surface area contributed by atoms with Crippen molar-refractivity contribution >= 4 is 17.5 Å². The molecule has 4 heteroatoms. The van der Waals surface area contributed by atoms with Crippen LogP contribution in [0, 0.1) is 18.8 Å². The third-order valence-electron chi connectivity index (χ3n) is 4.85. The summed E-state index contributed by atoms with van der Waals surface area (Å²) in [6.07, 6.45) is 2.62. The van der Waals surface area contributed by atoms with Crippen molar-refractivity contribution < 1.29 is 9.59 Å². The molecule has 2 amide bonds. The number of likely N-dealkylation sites (tertiary alicyclic amines) is 1. The predicted octanol–water partition coefficient (Wildman–Crippen LogP) is 2.61. The van der Waals surface area contributed by atoms with Crippen LogP contribution < -0.4 is 4.90 Å². The highest BCUT2D eigenvalue weighted by Gasteiger charge is 2.38. The van der Waals surface area contributed by atoms with Crippen LogP contribution >= 0.6 is 0 Å². The van der Waals surface area contributed by atoms with Crippen molar-refractivity contribution in [1.29, 1.82) is 0 Å². The summed E-state index contributed by atoms with van der Waals surface area (Å²) in [5.41, 5.74) is 2.02. The summed E-state index contributed by atoms with van der Waals surface area (Å²) in [5, 5.41) is 0. The first-order valence-electron chi connectivity index (χ1n) is 8.21. The van der Waals surface area contributed by atoms with E-state index in [1.165, 1.54) is 6.42 Å². The Balaban J connectivity index is 1.72. The first kappa shape index (κ1) is 15.1. The molecule has 0 N–H and O–H groups in total. The van der Waals surface area contributed by atoms with Crippen LogP contribution in [0.1, 0.15) is 31.7 Å². The fourth-order valence-corrected chi connectivity index (χ4v) is 3.62. The number of rotatable bonds is 2. The molecule has 2 aliphatic heterocycles. The Labute approximate surface area is 132 Å². The van der Waals surface area contributed by atoms with Gasteiger partial charge in [0, 0.05) is 31.7 Å². The number of nitrogens with zero attached hydrogens (tertiary/aromatic N) is 2. The Morgan fingerprint density at radius 3 is 2.73 bits per heavy atom. The smallest absolute Gasteiger partial charge is 0.228 e. The second kappa shape index (κ2) is 6.11. The van der Waals surface area contributed by atoms with Gasteiger partial charge in [-0.25, -0.2) is 0 Å². The average Bonchev–Trinajstić information content (AvgIpc) is 2.89. The highest BCUT2D eigenvalue weighted by atomic mass is 16.2. The molecule has 0 bridgehead atoms. The van der Waals surface area contributed by atoms with E-state index in [2.05, 4.69) is 6.92 Å². The van der Waals surface area contributed by atoms with Crippen LogP contribution in [0.4, 0.5) is 5.69 Å². The van der Waals surface area contributed by atoms with E-state index >= 15 is 0 Å². The van der Waals surface area contributed by atoms with Crippen molar-refractivity contribution in [3.8, 4) is 0 Å². The molecular formula is C18H24N2O2. The van der Waals surface area contributed by atoms with E-state index in [4.69, 9.17) is 0 Å². The molecule has 2 unspecified atom stereocenters. The average molecular weight is 300 g/mol. The van der Waals surface area contributed by atoms with Crippen LogP contribution in [0.15, 0.2) is 24.3 Å². The quantitative estimate of drug-likeness (QED) is 0.842. The van der Waals surface area contributed by atoms with E-state index < -0.39 is 0 Å². The van der Waals surface area contributed by atoms with Gasteiger partial charge in [0.2, 0.25) is 11.8 Å². The standard InChI is InChI=1S/C18H24N2O2/c1-13-6-5-9-19(11-13)18(22)15-10-17(21)20(12-15)16-8-4-3-7-14(16)2/h3-4,7-8,13,15H,5-6,9-12H2,1-2H3. The van der Waals surface area contributed by atoms with Crippen LogP contribution in [-0.4, -0.2) is 36.3 Å². The molecule has 0 radical (unpaired) electrons. The topological polar surface area (TPSA) is 40.6 Å². The van der Waals surface area contributed by atoms with Gasteiger partial charge in [-0.15, -0.1) is 0 Å². The highest BCUT2D eigenvalue weighted by Crippen LogP contribution is 2.29. The highest BCUT2D eigenvalue weighted by molar-refractivity contribution is 6.00. The minimum atomic E-state index is -0.183. The second-order valence-corrected chi connectivity index (χ2v) is 6.72.